The first kappa shape index (κ1) is 12.2. The molecule has 1 aromatic heterocycles. The van der Waals surface area contributed by atoms with E-state index in [0.29, 0.717) is 6.07 Å². The molecule has 1 rings (SSSR count). The van der Waals surface area contributed by atoms with Crippen LogP contribution in [-0.2, 0) is 10.0 Å². The van der Waals surface area contributed by atoms with Crippen molar-refractivity contribution in [2.24, 2.45) is 5.14 Å². The highest BCUT2D eigenvalue weighted by atomic mass is 35.5. The first-order valence-electron chi connectivity index (χ1n) is 3.40. The highest BCUT2D eigenvalue weighted by Crippen LogP contribution is 2.28. The van der Waals surface area contributed by atoms with Crippen LogP contribution in [0, 0.1) is 5.95 Å². The Labute approximate surface area is 87.9 Å². The SMILES string of the molecule is NS(=O)(=O)c1cc(C(F)F)c(Cl)nc1F. The molecule has 0 spiro atoms. The fourth-order valence-electron chi connectivity index (χ4n) is 0.819. The zero-order valence-electron chi connectivity index (χ0n) is 6.92. The lowest BCUT2D eigenvalue weighted by Gasteiger charge is -2.05. The number of nitrogens with two attached hydrogens (primary N) is 1. The van der Waals surface area contributed by atoms with Crippen molar-refractivity contribution in [2.75, 3.05) is 0 Å². The maximum Gasteiger partial charge on any atom is 0.266 e. The van der Waals surface area contributed by atoms with E-state index in [1.54, 1.807) is 0 Å². The Morgan fingerprint density at radius 3 is 2.40 bits per heavy atom. The molecule has 84 valence electrons. The van der Waals surface area contributed by atoms with Gasteiger partial charge in [0.05, 0.1) is 5.56 Å². The number of primary sulfonamides is 1. The summed E-state index contributed by atoms with van der Waals surface area (Å²) in [6.45, 7) is 0. The molecule has 0 aliphatic heterocycles. The molecule has 0 fully saturated rings. The van der Waals surface area contributed by atoms with E-state index in [4.69, 9.17) is 11.6 Å². The number of pyridine rings is 1. The van der Waals surface area contributed by atoms with Crippen molar-refractivity contribution in [3.63, 3.8) is 0 Å². The van der Waals surface area contributed by atoms with Crippen molar-refractivity contribution in [3.05, 3.63) is 22.7 Å². The normalized spacial score (nSPS) is 12.1. The summed E-state index contributed by atoms with van der Waals surface area (Å²) < 4.78 is 58.9. The van der Waals surface area contributed by atoms with Gasteiger partial charge in [0.1, 0.15) is 10.0 Å². The molecule has 0 saturated carbocycles. The lowest BCUT2D eigenvalue weighted by molar-refractivity contribution is 0.150. The topological polar surface area (TPSA) is 73.1 Å². The monoisotopic (exact) mass is 260 g/mol. The Balaban J connectivity index is 3.50. The summed E-state index contributed by atoms with van der Waals surface area (Å²) in [4.78, 5) is 1.71. The number of halogens is 4. The molecule has 0 saturated heterocycles. The molecule has 0 bridgehead atoms. The first-order valence-corrected chi connectivity index (χ1v) is 5.33. The third kappa shape index (κ3) is 2.58. The molecule has 1 heterocycles. The van der Waals surface area contributed by atoms with E-state index in [1.807, 2.05) is 0 Å². The molecule has 0 amide bonds. The second-order valence-corrected chi connectivity index (χ2v) is 4.39. The van der Waals surface area contributed by atoms with Gasteiger partial charge in [-0.05, 0) is 6.07 Å². The van der Waals surface area contributed by atoms with Crippen LogP contribution in [0.25, 0.3) is 0 Å². The lowest BCUT2D eigenvalue weighted by atomic mass is 10.3. The van der Waals surface area contributed by atoms with E-state index < -0.39 is 38.0 Å². The first-order chi connectivity index (χ1) is 6.73. The predicted octanol–water partition coefficient (Wildman–Crippen LogP) is 1.46. The molecule has 0 aliphatic rings. The molecule has 0 aromatic carbocycles. The number of hydrogen-bond donors (Lipinski definition) is 1. The van der Waals surface area contributed by atoms with Crippen LogP contribution in [0.1, 0.15) is 12.0 Å². The van der Waals surface area contributed by atoms with Crippen molar-refractivity contribution in [1.82, 2.24) is 4.98 Å². The molecule has 0 aliphatic carbocycles. The maximum absolute atomic E-state index is 12.9. The number of rotatable bonds is 2. The van der Waals surface area contributed by atoms with Gasteiger partial charge in [-0.2, -0.15) is 4.39 Å². The van der Waals surface area contributed by atoms with Gasteiger partial charge in [-0.15, -0.1) is 0 Å². The van der Waals surface area contributed by atoms with Gasteiger partial charge in [0.2, 0.25) is 16.0 Å². The number of nitrogens with zero attached hydrogens (tertiary/aromatic N) is 1. The van der Waals surface area contributed by atoms with Crippen LogP contribution in [0.2, 0.25) is 5.15 Å². The van der Waals surface area contributed by atoms with Crippen molar-refractivity contribution in [2.45, 2.75) is 11.3 Å². The zero-order valence-corrected chi connectivity index (χ0v) is 8.49. The van der Waals surface area contributed by atoms with Gasteiger partial charge < -0.3 is 0 Å². The molecule has 1 aromatic rings. The summed E-state index contributed by atoms with van der Waals surface area (Å²) in [6.07, 6.45) is -3.06. The Morgan fingerprint density at radius 2 is 2.00 bits per heavy atom. The van der Waals surface area contributed by atoms with Crippen LogP contribution in [0.4, 0.5) is 13.2 Å². The van der Waals surface area contributed by atoms with Crippen molar-refractivity contribution in [1.29, 1.82) is 0 Å². The number of sulfonamides is 1. The number of hydrogen-bond acceptors (Lipinski definition) is 3. The fourth-order valence-corrected chi connectivity index (χ4v) is 1.60. The minimum Gasteiger partial charge on any atom is -0.224 e. The Morgan fingerprint density at radius 1 is 1.47 bits per heavy atom. The molecule has 2 N–H and O–H groups in total. The van der Waals surface area contributed by atoms with Crippen LogP contribution >= 0.6 is 11.6 Å². The van der Waals surface area contributed by atoms with Crippen LogP contribution in [-0.4, -0.2) is 13.4 Å². The molecular formula is C6H4ClF3N2O2S. The zero-order chi connectivity index (χ0) is 11.8. The summed E-state index contributed by atoms with van der Waals surface area (Å²) in [5, 5.41) is 3.78. The van der Waals surface area contributed by atoms with Gasteiger partial charge in [-0.3, -0.25) is 0 Å². The van der Waals surface area contributed by atoms with E-state index in [1.165, 1.54) is 0 Å². The third-order valence-corrected chi connectivity index (χ3v) is 2.67. The van der Waals surface area contributed by atoms with Gasteiger partial charge >= 0.3 is 0 Å². The van der Waals surface area contributed by atoms with Gasteiger partial charge in [-0.1, -0.05) is 11.6 Å². The molecule has 0 atom stereocenters. The quantitative estimate of drug-likeness (QED) is 0.818. The highest BCUT2D eigenvalue weighted by Gasteiger charge is 2.22. The van der Waals surface area contributed by atoms with Crippen molar-refractivity contribution in [3.8, 4) is 0 Å². The second-order valence-electron chi connectivity index (χ2n) is 2.50. The highest BCUT2D eigenvalue weighted by molar-refractivity contribution is 7.89. The minimum absolute atomic E-state index is 0.366. The van der Waals surface area contributed by atoms with Gasteiger partial charge in [-0.25, -0.2) is 27.3 Å². The van der Waals surface area contributed by atoms with Crippen LogP contribution in [0.15, 0.2) is 11.0 Å². The van der Waals surface area contributed by atoms with E-state index in [9.17, 15) is 21.6 Å². The van der Waals surface area contributed by atoms with Gasteiger partial charge in [0.15, 0.2) is 0 Å². The maximum atomic E-state index is 12.9. The number of alkyl halides is 2. The molecular weight excluding hydrogens is 257 g/mol. The van der Waals surface area contributed by atoms with E-state index in [0.717, 1.165) is 0 Å². The standard InChI is InChI=1S/C6H4ClF3N2O2S/c7-4-2(5(8)9)1-3(6(10)12-4)15(11,13)14/h1,5H,(H2,11,13,14). The van der Waals surface area contributed by atoms with Crippen LogP contribution < -0.4 is 5.14 Å². The molecule has 0 radical (unpaired) electrons. The van der Waals surface area contributed by atoms with E-state index >= 15 is 0 Å². The average Bonchev–Trinajstić information content (AvgIpc) is 2.00. The average molecular weight is 261 g/mol. The van der Waals surface area contributed by atoms with Gasteiger partial charge in [0, 0.05) is 0 Å². The number of aromatic nitrogens is 1. The Bertz CT molecular complexity index is 491. The molecule has 15 heavy (non-hydrogen) atoms. The molecule has 0 unspecified atom stereocenters. The summed E-state index contributed by atoms with van der Waals surface area (Å²) in [7, 11) is -4.44. The summed E-state index contributed by atoms with van der Waals surface area (Å²) >= 11 is 5.18. The van der Waals surface area contributed by atoms with Crippen LogP contribution in [0.5, 0.6) is 0 Å². The minimum atomic E-state index is -4.44. The Hall–Kier alpha value is -0.860. The smallest absolute Gasteiger partial charge is 0.224 e. The summed E-state index contributed by atoms with van der Waals surface area (Å²) in [6, 6.07) is 0.366. The molecule has 9 heteroatoms. The summed E-state index contributed by atoms with van der Waals surface area (Å²) in [5.41, 5.74) is -0.887. The second kappa shape index (κ2) is 3.95. The Kier molecular flexibility index (Phi) is 3.22. The fraction of sp³-hybridized carbons (Fsp3) is 0.167. The summed E-state index contributed by atoms with van der Waals surface area (Å²) in [5.74, 6) is -1.51. The van der Waals surface area contributed by atoms with E-state index in [2.05, 4.69) is 10.1 Å². The lowest BCUT2D eigenvalue weighted by Crippen LogP contribution is -2.15. The van der Waals surface area contributed by atoms with Gasteiger partial charge in [0.25, 0.3) is 6.43 Å². The van der Waals surface area contributed by atoms with Crippen LogP contribution in [0.3, 0.4) is 0 Å². The van der Waals surface area contributed by atoms with E-state index in [-0.39, 0.29) is 0 Å². The van der Waals surface area contributed by atoms with Crippen molar-refractivity contribution < 1.29 is 21.6 Å². The molecule has 4 nitrogen and oxygen atoms in total. The third-order valence-electron chi connectivity index (χ3n) is 1.47. The predicted molar refractivity (Wildman–Crippen MR) is 45.5 cm³/mol. The largest absolute Gasteiger partial charge is 0.266 e. The van der Waals surface area contributed by atoms with Crippen molar-refractivity contribution >= 4 is 21.6 Å².